The van der Waals surface area contributed by atoms with Crippen molar-refractivity contribution in [2.45, 2.75) is 57.6 Å². The highest BCUT2D eigenvalue weighted by molar-refractivity contribution is 7.89. The third-order valence-electron chi connectivity index (χ3n) is 2.82. The molecule has 1 unspecified atom stereocenters. The summed E-state index contributed by atoms with van der Waals surface area (Å²) in [6.07, 6.45) is 4.04. The summed E-state index contributed by atoms with van der Waals surface area (Å²) >= 11 is 5.60. The van der Waals surface area contributed by atoms with Gasteiger partial charge in [0.25, 0.3) is 10.0 Å². The van der Waals surface area contributed by atoms with Gasteiger partial charge in [-0.3, -0.25) is 0 Å². The Morgan fingerprint density at radius 1 is 1.53 bits per heavy atom. The van der Waals surface area contributed by atoms with Crippen LogP contribution < -0.4 is 4.72 Å². The number of nitrogens with one attached hydrogen (secondary N) is 1. The van der Waals surface area contributed by atoms with Crippen molar-refractivity contribution in [2.24, 2.45) is 0 Å². The number of aryl methyl sites for hydroxylation is 2. The van der Waals surface area contributed by atoms with Crippen molar-refractivity contribution in [1.82, 2.24) is 14.3 Å². The molecular weight excluding hydrogens is 286 g/mol. The fraction of sp³-hybridized carbons (Fsp3) is 0.750. The molecule has 0 bridgehead atoms. The Balaban J connectivity index is 2.79. The van der Waals surface area contributed by atoms with E-state index in [9.17, 15) is 8.42 Å². The van der Waals surface area contributed by atoms with Crippen LogP contribution in [0.4, 0.5) is 0 Å². The van der Waals surface area contributed by atoms with E-state index in [0.29, 0.717) is 5.88 Å². The second-order valence-electron chi connectivity index (χ2n) is 4.67. The van der Waals surface area contributed by atoms with Gasteiger partial charge in [0.15, 0.2) is 5.03 Å². The molecule has 0 aromatic carbocycles. The molecule has 0 aliphatic heterocycles. The van der Waals surface area contributed by atoms with Crippen molar-refractivity contribution in [2.75, 3.05) is 5.88 Å². The molecule has 0 saturated heterocycles. The summed E-state index contributed by atoms with van der Waals surface area (Å²) in [5, 5.41) is 0.0937. The molecule has 1 atom stereocenters. The number of aromatic nitrogens is 2. The van der Waals surface area contributed by atoms with Gasteiger partial charge in [-0.25, -0.2) is 18.1 Å². The Morgan fingerprint density at radius 3 is 2.79 bits per heavy atom. The fourth-order valence-electron chi connectivity index (χ4n) is 1.84. The molecule has 110 valence electrons. The minimum absolute atomic E-state index is 0.0937. The first kappa shape index (κ1) is 16.5. The zero-order chi connectivity index (χ0) is 14.5. The summed E-state index contributed by atoms with van der Waals surface area (Å²) in [6.45, 7) is 6.46. The van der Waals surface area contributed by atoms with Crippen LogP contribution in [0.15, 0.2) is 11.2 Å². The summed E-state index contributed by atoms with van der Waals surface area (Å²) in [5.41, 5.74) is 0. The minimum Gasteiger partial charge on any atom is -0.334 e. The molecule has 0 spiro atoms. The Morgan fingerprint density at radius 2 is 2.21 bits per heavy atom. The standard InChI is InChI=1S/C12H22ClN3O2S/c1-4-8-16-9-12(14-11(16)3)19(17,18)15-10(2)6-5-7-13/h9-10,15H,4-8H2,1-3H3. The van der Waals surface area contributed by atoms with Crippen LogP contribution in [0, 0.1) is 6.92 Å². The van der Waals surface area contributed by atoms with Crippen LogP contribution in [0.2, 0.25) is 0 Å². The van der Waals surface area contributed by atoms with Gasteiger partial charge in [-0.1, -0.05) is 6.92 Å². The van der Waals surface area contributed by atoms with Gasteiger partial charge in [0.1, 0.15) is 5.82 Å². The lowest BCUT2D eigenvalue weighted by Crippen LogP contribution is -2.32. The van der Waals surface area contributed by atoms with Gasteiger partial charge in [0.05, 0.1) is 0 Å². The lowest BCUT2D eigenvalue weighted by Gasteiger charge is -2.11. The number of sulfonamides is 1. The predicted molar refractivity (Wildman–Crippen MR) is 77.0 cm³/mol. The molecule has 0 amide bonds. The molecule has 0 saturated carbocycles. The van der Waals surface area contributed by atoms with Gasteiger partial charge in [0, 0.05) is 24.7 Å². The number of hydrogen-bond acceptors (Lipinski definition) is 3. The van der Waals surface area contributed by atoms with Crippen molar-refractivity contribution < 1.29 is 8.42 Å². The summed E-state index contributed by atoms with van der Waals surface area (Å²) in [5.74, 6) is 1.26. The molecule has 0 aliphatic carbocycles. The maximum atomic E-state index is 12.2. The number of imidazole rings is 1. The van der Waals surface area contributed by atoms with Crippen LogP contribution in [0.5, 0.6) is 0 Å². The van der Waals surface area contributed by atoms with Crippen LogP contribution in [-0.2, 0) is 16.6 Å². The molecule has 1 rings (SSSR count). The van der Waals surface area contributed by atoms with E-state index in [1.165, 1.54) is 0 Å². The molecule has 0 fully saturated rings. The van der Waals surface area contributed by atoms with Crippen LogP contribution in [0.25, 0.3) is 0 Å². The van der Waals surface area contributed by atoms with E-state index in [-0.39, 0.29) is 11.1 Å². The molecule has 1 aromatic heterocycles. The number of hydrogen-bond donors (Lipinski definition) is 1. The largest absolute Gasteiger partial charge is 0.334 e. The maximum Gasteiger partial charge on any atom is 0.259 e. The average molecular weight is 308 g/mol. The quantitative estimate of drug-likeness (QED) is 0.749. The highest BCUT2D eigenvalue weighted by Crippen LogP contribution is 2.11. The number of rotatable bonds is 8. The Hall–Kier alpha value is -0.590. The Kier molecular flexibility index (Phi) is 6.29. The van der Waals surface area contributed by atoms with E-state index in [0.717, 1.165) is 31.6 Å². The van der Waals surface area contributed by atoms with Crippen LogP contribution >= 0.6 is 11.6 Å². The van der Waals surface area contributed by atoms with E-state index in [2.05, 4.69) is 9.71 Å². The van der Waals surface area contributed by atoms with Gasteiger partial charge >= 0.3 is 0 Å². The van der Waals surface area contributed by atoms with E-state index < -0.39 is 10.0 Å². The third-order valence-corrected chi connectivity index (χ3v) is 4.55. The van der Waals surface area contributed by atoms with Crippen LogP contribution in [0.1, 0.15) is 38.9 Å². The first-order valence-electron chi connectivity index (χ1n) is 6.52. The second-order valence-corrected chi connectivity index (χ2v) is 6.71. The van der Waals surface area contributed by atoms with E-state index in [1.807, 2.05) is 25.3 Å². The van der Waals surface area contributed by atoms with E-state index in [1.54, 1.807) is 6.20 Å². The average Bonchev–Trinajstić information content (AvgIpc) is 2.69. The molecule has 19 heavy (non-hydrogen) atoms. The topological polar surface area (TPSA) is 64.0 Å². The predicted octanol–water partition coefficient (Wildman–Crippen LogP) is 2.29. The summed E-state index contributed by atoms with van der Waals surface area (Å²) in [4.78, 5) is 4.12. The first-order chi connectivity index (χ1) is 8.90. The summed E-state index contributed by atoms with van der Waals surface area (Å²) in [6, 6.07) is -0.139. The zero-order valence-corrected chi connectivity index (χ0v) is 13.3. The van der Waals surface area contributed by atoms with Crippen molar-refractivity contribution in [3.8, 4) is 0 Å². The zero-order valence-electron chi connectivity index (χ0n) is 11.7. The van der Waals surface area contributed by atoms with Gasteiger partial charge in [-0.2, -0.15) is 0 Å². The van der Waals surface area contributed by atoms with Crippen molar-refractivity contribution >= 4 is 21.6 Å². The monoisotopic (exact) mass is 307 g/mol. The fourth-order valence-corrected chi connectivity index (χ4v) is 3.28. The maximum absolute atomic E-state index is 12.2. The molecule has 1 N–H and O–H groups in total. The molecule has 0 aliphatic rings. The lowest BCUT2D eigenvalue weighted by molar-refractivity contribution is 0.541. The van der Waals surface area contributed by atoms with Crippen molar-refractivity contribution in [3.63, 3.8) is 0 Å². The number of nitrogens with zero attached hydrogens (tertiary/aromatic N) is 2. The molecular formula is C12H22ClN3O2S. The highest BCUT2D eigenvalue weighted by atomic mass is 35.5. The Labute approximate surface area is 120 Å². The summed E-state index contributed by atoms with van der Waals surface area (Å²) < 4.78 is 28.8. The van der Waals surface area contributed by atoms with Gasteiger partial charge in [0.2, 0.25) is 0 Å². The van der Waals surface area contributed by atoms with Crippen molar-refractivity contribution in [3.05, 3.63) is 12.0 Å². The molecule has 0 radical (unpaired) electrons. The summed E-state index contributed by atoms with van der Waals surface area (Å²) in [7, 11) is -3.53. The van der Waals surface area contributed by atoms with Crippen molar-refractivity contribution in [1.29, 1.82) is 0 Å². The Bertz CT molecular complexity index is 499. The van der Waals surface area contributed by atoms with Gasteiger partial charge < -0.3 is 4.57 Å². The number of alkyl halides is 1. The highest BCUT2D eigenvalue weighted by Gasteiger charge is 2.21. The van der Waals surface area contributed by atoms with Crippen LogP contribution in [0.3, 0.4) is 0 Å². The SMILES string of the molecule is CCCn1cc(S(=O)(=O)NC(C)CCCCl)nc1C. The molecule has 7 heteroatoms. The first-order valence-corrected chi connectivity index (χ1v) is 8.54. The van der Waals surface area contributed by atoms with E-state index >= 15 is 0 Å². The second kappa shape index (κ2) is 7.26. The molecule has 5 nitrogen and oxygen atoms in total. The third kappa shape index (κ3) is 4.78. The minimum atomic E-state index is -3.53. The van der Waals surface area contributed by atoms with Crippen LogP contribution in [-0.4, -0.2) is 29.9 Å². The lowest BCUT2D eigenvalue weighted by atomic mass is 10.2. The normalized spacial score (nSPS) is 13.7. The van der Waals surface area contributed by atoms with Gasteiger partial charge in [-0.05, 0) is 33.1 Å². The molecule has 1 aromatic rings. The van der Waals surface area contributed by atoms with E-state index in [4.69, 9.17) is 11.6 Å². The smallest absolute Gasteiger partial charge is 0.259 e. The molecule has 1 heterocycles. The number of halogens is 1. The van der Waals surface area contributed by atoms with Gasteiger partial charge in [-0.15, -0.1) is 11.6 Å².